The SMILES string of the molecule is CCNC(=NCc1nc(C)c(C)s1)NCCc1cc(OC)ccc1OC.I. The van der Waals surface area contributed by atoms with E-state index in [-0.39, 0.29) is 24.0 Å². The van der Waals surface area contributed by atoms with Crippen LogP contribution in [0.25, 0.3) is 0 Å². The Morgan fingerprint density at radius 3 is 2.56 bits per heavy atom. The van der Waals surface area contributed by atoms with Crippen LogP contribution in [0, 0.1) is 13.8 Å². The summed E-state index contributed by atoms with van der Waals surface area (Å²) in [6.45, 7) is 8.31. The molecule has 0 fully saturated rings. The quantitative estimate of drug-likeness (QED) is 0.326. The number of guanidine groups is 1. The molecule has 2 aromatic rings. The van der Waals surface area contributed by atoms with Crippen molar-refractivity contribution >= 4 is 41.3 Å². The topological polar surface area (TPSA) is 67.8 Å². The molecule has 6 nitrogen and oxygen atoms in total. The standard InChI is InChI=1S/C19H28N4O2S.HI/c1-6-20-19(22-12-18-23-13(2)14(3)26-18)21-10-9-15-11-16(24-4)7-8-17(15)25-5;/h7-8,11H,6,9-10,12H2,1-5H3,(H2,20,21,22);1H. The molecule has 0 radical (unpaired) electrons. The zero-order valence-corrected chi connectivity index (χ0v) is 19.7. The van der Waals surface area contributed by atoms with Gasteiger partial charge in [-0.1, -0.05) is 0 Å². The number of thiazole rings is 1. The Kier molecular flexibility index (Phi) is 10.5. The molecular weight excluding hydrogens is 475 g/mol. The molecule has 150 valence electrons. The molecule has 0 bridgehead atoms. The molecule has 0 saturated heterocycles. The molecule has 27 heavy (non-hydrogen) atoms. The van der Waals surface area contributed by atoms with Crippen LogP contribution in [0.4, 0.5) is 0 Å². The summed E-state index contributed by atoms with van der Waals surface area (Å²) in [6, 6.07) is 5.84. The number of aryl methyl sites for hydroxylation is 2. The first kappa shape index (κ1) is 23.5. The zero-order valence-electron chi connectivity index (χ0n) is 16.6. The van der Waals surface area contributed by atoms with Crippen LogP contribution < -0.4 is 20.1 Å². The minimum Gasteiger partial charge on any atom is -0.497 e. The molecule has 0 aliphatic rings. The minimum absolute atomic E-state index is 0. The lowest BCUT2D eigenvalue weighted by molar-refractivity contribution is 0.398. The van der Waals surface area contributed by atoms with Crippen molar-refractivity contribution in [2.24, 2.45) is 4.99 Å². The first-order valence-electron chi connectivity index (χ1n) is 8.73. The van der Waals surface area contributed by atoms with Gasteiger partial charge in [0.05, 0.1) is 26.5 Å². The smallest absolute Gasteiger partial charge is 0.191 e. The maximum absolute atomic E-state index is 5.43. The molecule has 0 amide bonds. The summed E-state index contributed by atoms with van der Waals surface area (Å²) in [7, 11) is 3.35. The van der Waals surface area contributed by atoms with Crippen LogP contribution in [0.5, 0.6) is 11.5 Å². The number of halogens is 1. The third-order valence-electron chi connectivity index (χ3n) is 3.96. The second-order valence-corrected chi connectivity index (χ2v) is 7.09. The first-order valence-corrected chi connectivity index (χ1v) is 9.55. The predicted molar refractivity (Wildman–Crippen MR) is 123 cm³/mol. The van der Waals surface area contributed by atoms with Crippen molar-refractivity contribution < 1.29 is 9.47 Å². The van der Waals surface area contributed by atoms with E-state index in [1.54, 1.807) is 25.6 Å². The highest BCUT2D eigenvalue weighted by atomic mass is 127. The molecule has 0 aliphatic carbocycles. The van der Waals surface area contributed by atoms with Crippen molar-refractivity contribution in [2.45, 2.75) is 33.7 Å². The molecule has 0 spiro atoms. The number of hydrogen-bond acceptors (Lipinski definition) is 5. The molecule has 1 heterocycles. The number of aromatic nitrogens is 1. The first-order chi connectivity index (χ1) is 12.6. The normalized spacial score (nSPS) is 10.9. The molecule has 2 N–H and O–H groups in total. The third-order valence-corrected chi connectivity index (χ3v) is 5.02. The molecule has 0 saturated carbocycles. The second-order valence-electron chi connectivity index (χ2n) is 5.80. The fraction of sp³-hybridized carbons (Fsp3) is 0.474. The monoisotopic (exact) mass is 504 g/mol. The molecule has 0 aliphatic heterocycles. The summed E-state index contributed by atoms with van der Waals surface area (Å²) in [5, 5.41) is 7.67. The molecular formula is C19H29IN4O2S. The van der Waals surface area contributed by atoms with E-state index < -0.39 is 0 Å². The fourth-order valence-electron chi connectivity index (χ4n) is 2.49. The lowest BCUT2D eigenvalue weighted by Gasteiger charge is -2.13. The van der Waals surface area contributed by atoms with Crippen LogP contribution >= 0.6 is 35.3 Å². The number of ether oxygens (including phenoxy) is 2. The van der Waals surface area contributed by atoms with Gasteiger partial charge in [-0.3, -0.25) is 0 Å². The number of rotatable bonds is 8. The van der Waals surface area contributed by atoms with E-state index in [1.807, 2.05) is 25.1 Å². The number of aliphatic imine (C=N–C) groups is 1. The van der Waals surface area contributed by atoms with Crippen molar-refractivity contribution in [3.05, 3.63) is 39.3 Å². The van der Waals surface area contributed by atoms with Gasteiger partial charge in [0.1, 0.15) is 16.5 Å². The summed E-state index contributed by atoms with van der Waals surface area (Å²) in [5.74, 6) is 2.49. The lowest BCUT2D eigenvalue weighted by atomic mass is 10.1. The van der Waals surface area contributed by atoms with E-state index >= 15 is 0 Å². The van der Waals surface area contributed by atoms with E-state index in [4.69, 9.17) is 9.47 Å². The van der Waals surface area contributed by atoms with Crippen LogP contribution in [0.2, 0.25) is 0 Å². The Morgan fingerprint density at radius 2 is 1.96 bits per heavy atom. The minimum atomic E-state index is 0. The van der Waals surface area contributed by atoms with Gasteiger partial charge in [0.2, 0.25) is 0 Å². The highest BCUT2D eigenvalue weighted by Gasteiger charge is 2.07. The Bertz CT molecular complexity index is 730. The second kappa shape index (κ2) is 12.0. The van der Waals surface area contributed by atoms with Gasteiger partial charge in [0.25, 0.3) is 0 Å². The zero-order chi connectivity index (χ0) is 18.9. The van der Waals surface area contributed by atoms with Crippen molar-refractivity contribution in [3.8, 4) is 11.5 Å². The van der Waals surface area contributed by atoms with Gasteiger partial charge >= 0.3 is 0 Å². The van der Waals surface area contributed by atoms with Crippen molar-refractivity contribution in [2.75, 3.05) is 27.3 Å². The molecule has 0 unspecified atom stereocenters. The third kappa shape index (κ3) is 7.17. The number of benzene rings is 1. The van der Waals surface area contributed by atoms with Crippen molar-refractivity contribution in [3.63, 3.8) is 0 Å². The van der Waals surface area contributed by atoms with E-state index in [9.17, 15) is 0 Å². The van der Waals surface area contributed by atoms with E-state index in [1.165, 1.54) is 4.88 Å². The van der Waals surface area contributed by atoms with Crippen molar-refractivity contribution in [1.29, 1.82) is 0 Å². The molecule has 2 rings (SSSR count). The van der Waals surface area contributed by atoms with E-state index in [0.29, 0.717) is 6.54 Å². The Labute approximate surface area is 182 Å². The molecule has 0 atom stereocenters. The van der Waals surface area contributed by atoms with Crippen LogP contribution in [0.1, 0.15) is 28.1 Å². The number of nitrogens with one attached hydrogen (secondary N) is 2. The molecule has 1 aromatic carbocycles. The Hall–Kier alpha value is -1.55. The van der Waals surface area contributed by atoms with Gasteiger partial charge in [0, 0.05) is 18.0 Å². The molecule has 8 heteroatoms. The summed E-state index contributed by atoms with van der Waals surface area (Å²) < 4.78 is 10.7. The van der Waals surface area contributed by atoms with Crippen molar-refractivity contribution in [1.82, 2.24) is 15.6 Å². The fourth-order valence-corrected chi connectivity index (χ4v) is 3.35. The lowest BCUT2D eigenvalue weighted by Crippen LogP contribution is -2.38. The highest BCUT2D eigenvalue weighted by Crippen LogP contribution is 2.24. The summed E-state index contributed by atoms with van der Waals surface area (Å²) in [6.07, 6.45) is 0.806. The van der Waals surface area contributed by atoms with Gasteiger partial charge in [-0.25, -0.2) is 9.98 Å². The van der Waals surface area contributed by atoms with E-state index in [2.05, 4.69) is 34.5 Å². The van der Waals surface area contributed by atoms with Gasteiger partial charge in [-0.15, -0.1) is 35.3 Å². The van der Waals surface area contributed by atoms with Gasteiger partial charge in [-0.2, -0.15) is 0 Å². The van der Waals surface area contributed by atoms with Crippen LogP contribution in [0.15, 0.2) is 23.2 Å². The number of nitrogens with zero attached hydrogens (tertiary/aromatic N) is 2. The predicted octanol–water partition coefficient (Wildman–Crippen LogP) is 3.69. The van der Waals surface area contributed by atoms with Crippen LogP contribution in [-0.4, -0.2) is 38.3 Å². The van der Waals surface area contributed by atoms with Gasteiger partial charge in [0.15, 0.2) is 5.96 Å². The summed E-state index contributed by atoms with van der Waals surface area (Å²) >= 11 is 1.70. The average Bonchev–Trinajstić information content (AvgIpc) is 2.97. The van der Waals surface area contributed by atoms with Crippen LogP contribution in [-0.2, 0) is 13.0 Å². The molecule has 1 aromatic heterocycles. The number of methoxy groups -OCH3 is 2. The largest absolute Gasteiger partial charge is 0.497 e. The summed E-state index contributed by atoms with van der Waals surface area (Å²) in [5.41, 5.74) is 2.18. The Balaban J connectivity index is 0.00000364. The maximum Gasteiger partial charge on any atom is 0.191 e. The van der Waals surface area contributed by atoms with Gasteiger partial charge < -0.3 is 20.1 Å². The van der Waals surface area contributed by atoms with E-state index in [0.717, 1.165) is 53.2 Å². The maximum atomic E-state index is 5.43. The highest BCUT2D eigenvalue weighted by molar-refractivity contribution is 14.0. The average molecular weight is 504 g/mol. The summed E-state index contributed by atoms with van der Waals surface area (Å²) in [4.78, 5) is 10.4. The van der Waals surface area contributed by atoms with Gasteiger partial charge in [-0.05, 0) is 51.0 Å². The Morgan fingerprint density at radius 1 is 1.19 bits per heavy atom. The number of hydrogen-bond donors (Lipinski definition) is 2. The van der Waals surface area contributed by atoms with Crippen LogP contribution in [0.3, 0.4) is 0 Å².